The highest BCUT2D eigenvalue weighted by atomic mass is 19.1. The molecule has 2 amide bonds. The topological polar surface area (TPSA) is 43.9 Å². The molecule has 1 aromatic rings. The first-order valence-corrected chi connectivity index (χ1v) is 10.7. The molecule has 3 saturated heterocycles. The van der Waals surface area contributed by atoms with Gasteiger partial charge < -0.3 is 9.80 Å². The van der Waals surface area contributed by atoms with Crippen LogP contribution < -0.4 is 0 Å². The van der Waals surface area contributed by atoms with Crippen LogP contribution in [0.3, 0.4) is 0 Å². The predicted molar refractivity (Wildman–Crippen MR) is 105 cm³/mol. The van der Waals surface area contributed by atoms with E-state index in [0.717, 1.165) is 70.8 Å². The summed E-state index contributed by atoms with van der Waals surface area (Å²) in [5.74, 6) is -0.941. The maximum Gasteiger partial charge on any atom is 0.242 e. The van der Waals surface area contributed by atoms with Crippen molar-refractivity contribution in [3.8, 4) is 0 Å². The van der Waals surface area contributed by atoms with Gasteiger partial charge in [-0.2, -0.15) is 0 Å². The molecule has 5 nitrogen and oxygen atoms in total. The van der Waals surface area contributed by atoms with Crippen molar-refractivity contribution < 1.29 is 18.4 Å². The van der Waals surface area contributed by atoms with Crippen molar-refractivity contribution in [2.45, 2.75) is 57.0 Å². The van der Waals surface area contributed by atoms with Crippen LogP contribution in [-0.4, -0.2) is 64.8 Å². The lowest BCUT2D eigenvalue weighted by Gasteiger charge is -2.38. The normalized spacial score (nSPS) is 25.8. The van der Waals surface area contributed by atoms with Crippen molar-refractivity contribution in [1.82, 2.24) is 14.7 Å². The number of hydrogen-bond acceptors (Lipinski definition) is 3. The number of hydrogen-bond donors (Lipinski definition) is 0. The van der Waals surface area contributed by atoms with Gasteiger partial charge in [-0.25, -0.2) is 8.78 Å². The first-order chi connectivity index (χ1) is 14.0. The molecule has 0 bridgehead atoms. The fourth-order valence-electron chi connectivity index (χ4n) is 5.14. The second-order valence-electron chi connectivity index (χ2n) is 8.66. The van der Waals surface area contributed by atoms with Crippen LogP contribution in [0, 0.1) is 11.6 Å². The Hall–Kier alpha value is -2.02. The summed E-state index contributed by atoms with van der Waals surface area (Å²) in [6.07, 6.45) is 5.92. The van der Waals surface area contributed by atoms with Crippen molar-refractivity contribution in [3.05, 3.63) is 35.4 Å². The fraction of sp³-hybridized carbons (Fsp3) is 0.636. The largest absolute Gasteiger partial charge is 0.341 e. The van der Waals surface area contributed by atoms with Crippen molar-refractivity contribution in [3.63, 3.8) is 0 Å². The zero-order valence-electron chi connectivity index (χ0n) is 16.8. The van der Waals surface area contributed by atoms with E-state index in [1.54, 1.807) is 0 Å². The van der Waals surface area contributed by atoms with Crippen molar-refractivity contribution >= 4 is 11.8 Å². The van der Waals surface area contributed by atoms with E-state index in [1.165, 1.54) is 12.1 Å². The number of nitrogens with zero attached hydrogens (tertiary/aromatic N) is 3. The molecular formula is C22H29F2N3O2. The number of benzene rings is 1. The van der Waals surface area contributed by atoms with E-state index in [2.05, 4.69) is 4.90 Å². The molecule has 0 aromatic heterocycles. The van der Waals surface area contributed by atoms with E-state index in [1.807, 2.05) is 9.80 Å². The summed E-state index contributed by atoms with van der Waals surface area (Å²) >= 11 is 0. The van der Waals surface area contributed by atoms with Gasteiger partial charge in [0.05, 0.1) is 0 Å². The molecule has 3 aliphatic heterocycles. The molecule has 1 aromatic carbocycles. The third kappa shape index (κ3) is 4.29. The van der Waals surface area contributed by atoms with Crippen molar-refractivity contribution in [2.75, 3.05) is 32.7 Å². The highest BCUT2D eigenvalue weighted by Crippen LogP contribution is 2.39. The smallest absolute Gasteiger partial charge is 0.242 e. The molecule has 0 N–H and O–H groups in total. The lowest BCUT2D eigenvalue weighted by molar-refractivity contribution is -0.141. The molecule has 158 valence electrons. The lowest BCUT2D eigenvalue weighted by Crippen LogP contribution is -2.51. The van der Waals surface area contributed by atoms with Crippen LogP contribution in [0.2, 0.25) is 0 Å². The first kappa shape index (κ1) is 20.3. The summed E-state index contributed by atoms with van der Waals surface area (Å²) in [6, 6.07) is 3.72. The summed E-state index contributed by atoms with van der Waals surface area (Å²) in [5, 5.41) is 0. The number of likely N-dealkylation sites (tertiary alicyclic amines) is 3. The summed E-state index contributed by atoms with van der Waals surface area (Å²) < 4.78 is 27.2. The molecular weight excluding hydrogens is 376 g/mol. The maximum atomic E-state index is 14.0. The lowest BCUT2D eigenvalue weighted by atomic mass is 9.87. The van der Waals surface area contributed by atoms with Gasteiger partial charge in [-0.3, -0.25) is 14.5 Å². The maximum absolute atomic E-state index is 14.0. The van der Waals surface area contributed by atoms with Gasteiger partial charge in [0, 0.05) is 49.8 Å². The summed E-state index contributed by atoms with van der Waals surface area (Å²) in [6.45, 7) is 3.75. The standard InChI is InChI=1S/C22H29F2N3O2/c23-18-5-4-17(19(24)14-18)15-25-10-3-7-22(9-13-25)8-6-20(28)27(22)16-21(29)26-11-1-2-12-26/h4-5,14H,1-3,6-13,15-16H2/t22-/m0/s1. The van der Waals surface area contributed by atoms with E-state index in [-0.39, 0.29) is 23.9 Å². The van der Waals surface area contributed by atoms with Gasteiger partial charge in [-0.15, -0.1) is 0 Å². The number of amides is 2. The second kappa shape index (κ2) is 8.38. The average molecular weight is 405 g/mol. The Morgan fingerprint density at radius 1 is 1.00 bits per heavy atom. The van der Waals surface area contributed by atoms with Crippen LogP contribution in [-0.2, 0) is 16.1 Å². The molecule has 4 rings (SSSR count). The Kier molecular flexibility index (Phi) is 5.86. The van der Waals surface area contributed by atoms with Crippen LogP contribution in [0.1, 0.15) is 50.5 Å². The molecule has 0 unspecified atom stereocenters. The highest BCUT2D eigenvalue weighted by Gasteiger charge is 2.46. The Bertz CT molecular complexity index is 781. The number of carbonyl (C=O) groups is 2. The van der Waals surface area contributed by atoms with Crippen LogP contribution in [0.15, 0.2) is 18.2 Å². The summed E-state index contributed by atoms with van der Waals surface area (Å²) in [7, 11) is 0. The van der Waals surface area contributed by atoms with E-state index in [4.69, 9.17) is 0 Å². The fourth-order valence-corrected chi connectivity index (χ4v) is 5.14. The third-order valence-corrected chi connectivity index (χ3v) is 6.85. The van der Waals surface area contributed by atoms with Gasteiger partial charge in [0.1, 0.15) is 18.2 Å². The zero-order chi connectivity index (χ0) is 20.4. The van der Waals surface area contributed by atoms with Gasteiger partial charge >= 0.3 is 0 Å². The molecule has 0 saturated carbocycles. The molecule has 3 aliphatic rings. The molecule has 29 heavy (non-hydrogen) atoms. The Balaban J connectivity index is 1.42. The van der Waals surface area contributed by atoms with Gasteiger partial charge in [0.15, 0.2) is 0 Å². The minimum atomic E-state index is -0.566. The monoisotopic (exact) mass is 405 g/mol. The SMILES string of the molecule is O=C(CN1C(=O)CC[C@]12CCCN(Cc1ccc(F)cc1F)CC2)N1CCCC1. The van der Waals surface area contributed by atoms with E-state index in [0.29, 0.717) is 18.5 Å². The van der Waals surface area contributed by atoms with Crippen LogP contribution in [0.25, 0.3) is 0 Å². The summed E-state index contributed by atoms with van der Waals surface area (Å²) in [4.78, 5) is 31.2. The second-order valence-corrected chi connectivity index (χ2v) is 8.66. The number of rotatable bonds is 4. The molecule has 3 fully saturated rings. The minimum absolute atomic E-state index is 0.0617. The van der Waals surface area contributed by atoms with E-state index < -0.39 is 11.6 Å². The van der Waals surface area contributed by atoms with Crippen LogP contribution in [0.4, 0.5) is 8.78 Å². The Morgan fingerprint density at radius 2 is 1.79 bits per heavy atom. The molecule has 1 spiro atoms. The molecule has 0 radical (unpaired) electrons. The third-order valence-electron chi connectivity index (χ3n) is 6.85. The van der Waals surface area contributed by atoms with Crippen LogP contribution in [0.5, 0.6) is 0 Å². The highest BCUT2D eigenvalue weighted by molar-refractivity contribution is 5.87. The van der Waals surface area contributed by atoms with Crippen molar-refractivity contribution in [1.29, 1.82) is 0 Å². The van der Waals surface area contributed by atoms with E-state index >= 15 is 0 Å². The predicted octanol–water partition coefficient (Wildman–Crippen LogP) is 2.93. The zero-order valence-corrected chi connectivity index (χ0v) is 16.8. The Morgan fingerprint density at radius 3 is 2.55 bits per heavy atom. The van der Waals surface area contributed by atoms with Gasteiger partial charge in [-0.1, -0.05) is 6.07 Å². The summed E-state index contributed by atoms with van der Waals surface area (Å²) in [5.41, 5.74) is 0.230. The van der Waals surface area contributed by atoms with Crippen molar-refractivity contribution in [2.24, 2.45) is 0 Å². The Labute approximate surface area is 170 Å². The quantitative estimate of drug-likeness (QED) is 0.774. The molecule has 0 aliphatic carbocycles. The number of carbonyl (C=O) groups excluding carboxylic acids is 2. The molecule has 3 heterocycles. The first-order valence-electron chi connectivity index (χ1n) is 10.7. The van der Waals surface area contributed by atoms with E-state index in [9.17, 15) is 18.4 Å². The minimum Gasteiger partial charge on any atom is -0.341 e. The van der Waals surface area contributed by atoms with Gasteiger partial charge in [0.25, 0.3) is 0 Å². The molecule has 1 atom stereocenters. The van der Waals surface area contributed by atoms with Crippen LogP contribution >= 0.6 is 0 Å². The average Bonchev–Trinajstić information content (AvgIpc) is 3.27. The van der Waals surface area contributed by atoms with Gasteiger partial charge in [-0.05, 0) is 51.1 Å². The number of halogens is 2. The molecule has 7 heteroatoms. The van der Waals surface area contributed by atoms with Gasteiger partial charge in [0.2, 0.25) is 11.8 Å².